The molecule has 5 heteroatoms. The molecule has 0 amide bonds. The summed E-state index contributed by atoms with van der Waals surface area (Å²) in [4.78, 5) is 11.3. The quantitative estimate of drug-likeness (QED) is 0.914. The summed E-state index contributed by atoms with van der Waals surface area (Å²) in [7, 11) is 0. The summed E-state index contributed by atoms with van der Waals surface area (Å²) in [6.45, 7) is 5.87. The van der Waals surface area contributed by atoms with Gasteiger partial charge < -0.3 is 5.11 Å². The minimum absolute atomic E-state index is 0.215. The van der Waals surface area contributed by atoms with E-state index in [4.69, 9.17) is 11.6 Å². The van der Waals surface area contributed by atoms with Crippen LogP contribution in [-0.2, 0) is 5.41 Å². The molecule has 4 nitrogen and oxygen atoms in total. The Morgan fingerprint density at radius 3 is 2.58 bits per heavy atom. The van der Waals surface area contributed by atoms with Crippen molar-refractivity contribution in [2.45, 2.75) is 26.2 Å². The zero-order chi connectivity index (χ0) is 14.2. The number of halogens is 1. The number of rotatable bonds is 2. The summed E-state index contributed by atoms with van der Waals surface area (Å²) in [5, 5.41) is 14.0. The molecule has 2 rings (SSSR count). The SMILES string of the molecule is CC(C)(C)c1c(C(=O)O)cnn1-c1cccc(Cl)c1. The van der Waals surface area contributed by atoms with Crippen LogP contribution < -0.4 is 0 Å². The summed E-state index contributed by atoms with van der Waals surface area (Å²) in [5.41, 5.74) is 1.28. The van der Waals surface area contributed by atoms with Crippen LogP contribution >= 0.6 is 11.6 Å². The number of aromatic carboxylic acids is 1. The number of carboxylic acids is 1. The van der Waals surface area contributed by atoms with Gasteiger partial charge in [-0.25, -0.2) is 9.48 Å². The van der Waals surface area contributed by atoms with E-state index in [1.807, 2.05) is 32.9 Å². The third-order valence-corrected chi connectivity index (χ3v) is 3.00. The van der Waals surface area contributed by atoms with Crippen LogP contribution in [-0.4, -0.2) is 20.9 Å². The van der Waals surface area contributed by atoms with Crippen LogP contribution in [0.5, 0.6) is 0 Å². The summed E-state index contributed by atoms with van der Waals surface area (Å²) >= 11 is 5.97. The van der Waals surface area contributed by atoms with E-state index in [1.54, 1.807) is 16.8 Å². The maximum Gasteiger partial charge on any atom is 0.339 e. The average molecular weight is 279 g/mol. The average Bonchev–Trinajstić information content (AvgIpc) is 2.73. The first kappa shape index (κ1) is 13.6. The Balaban J connectivity index is 2.68. The molecule has 0 unspecified atom stereocenters. The van der Waals surface area contributed by atoms with Gasteiger partial charge in [-0.2, -0.15) is 5.10 Å². The lowest BCUT2D eigenvalue weighted by Gasteiger charge is -2.21. The van der Waals surface area contributed by atoms with Crippen molar-refractivity contribution in [2.75, 3.05) is 0 Å². The fourth-order valence-electron chi connectivity index (χ4n) is 2.03. The van der Waals surface area contributed by atoms with Gasteiger partial charge in [0.1, 0.15) is 5.56 Å². The van der Waals surface area contributed by atoms with Gasteiger partial charge in [0.15, 0.2) is 0 Å². The Bertz CT molecular complexity index is 627. The van der Waals surface area contributed by atoms with E-state index < -0.39 is 5.97 Å². The van der Waals surface area contributed by atoms with Crippen molar-refractivity contribution in [3.8, 4) is 5.69 Å². The third kappa shape index (κ3) is 2.63. The Hall–Kier alpha value is -1.81. The smallest absolute Gasteiger partial charge is 0.339 e. The van der Waals surface area contributed by atoms with Gasteiger partial charge in [0.25, 0.3) is 0 Å². The van der Waals surface area contributed by atoms with Crippen LogP contribution in [0.3, 0.4) is 0 Å². The molecule has 100 valence electrons. The predicted octanol–water partition coefficient (Wildman–Crippen LogP) is 3.52. The van der Waals surface area contributed by atoms with Crippen LogP contribution in [0.25, 0.3) is 5.69 Å². The second kappa shape index (κ2) is 4.70. The molecule has 1 N–H and O–H groups in total. The largest absolute Gasteiger partial charge is 0.478 e. The minimum Gasteiger partial charge on any atom is -0.478 e. The molecule has 0 spiro atoms. The molecule has 19 heavy (non-hydrogen) atoms. The van der Waals surface area contributed by atoms with E-state index in [0.717, 1.165) is 5.69 Å². The van der Waals surface area contributed by atoms with Crippen LogP contribution in [0.1, 0.15) is 36.8 Å². The molecular weight excluding hydrogens is 264 g/mol. The molecule has 0 fully saturated rings. The topological polar surface area (TPSA) is 55.1 Å². The van der Waals surface area contributed by atoms with Gasteiger partial charge in [-0.15, -0.1) is 0 Å². The number of nitrogens with zero attached hydrogens (tertiary/aromatic N) is 2. The first-order chi connectivity index (χ1) is 8.80. The number of carbonyl (C=O) groups is 1. The van der Waals surface area contributed by atoms with Crippen molar-refractivity contribution in [1.29, 1.82) is 0 Å². The predicted molar refractivity (Wildman–Crippen MR) is 74.2 cm³/mol. The molecule has 1 aromatic heterocycles. The first-order valence-electron chi connectivity index (χ1n) is 5.88. The molecule has 0 aliphatic carbocycles. The molecule has 1 aromatic carbocycles. The van der Waals surface area contributed by atoms with Gasteiger partial charge in [-0.05, 0) is 18.2 Å². The van der Waals surface area contributed by atoms with E-state index in [-0.39, 0.29) is 11.0 Å². The highest BCUT2D eigenvalue weighted by atomic mass is 35.5. The molecule has 0 aliphatic heterocycles. The number of hydrogen-bond donors (Lipinski definition) is 1. The zero-order valence-electron chi connectivity index (χ0n) is 11.0. The monoisotopic (exact) mass is 278 g/mol. The van der Waals surface area contributed by atoms with Gasteiger partial charge in [0, 0.05) is 10.4 Å². The Kier molecular flexibility index (Phi) is 3.37. The lowest BCUT2D eigenvalue weighted by molar-refractivity contribution is 0.0694. The molecule has 2 aromatic rings. The van der Waals surface area contributed by atoms with E-state index in [9.17, 15) is 9.90 Å². The van der Waals surface area contributed by atoms with Gasteiger partial charge in [-0.3, -0.25) is 0 Å². The van der Waals surface area contributed by atoms with Crippen molar-refractivity contribution in [1.82, 2.24) is 9.78 Å². The number of hydrogen-bond acceptors (Lipinski definition) is 2. The summed E-state index contributed by atoms with van der Waals surface area (Å²) < 4.78 is 1.63. The zero-order valence-corrected chi connectivity index (χ0v) is 11.8. The van der Waals surface area contributed by atoms with Gasteiger partial charge in [0.05, 0.1) is 17.6 Å². The van der Waals surface area contributed by atoms with Crippen molar-refractivity contribution >= 4 is 17.6 Å². The Labute approximate surface area is 116 Å². The van der Waals surface area contributed by atoms with Gasteiger partial charge >= 0.3 is 5.97 Å². The number of benzene rings is 1. The lowest BCUT2D eigenvalue weighted by Crippen LogP contribution is -2.21. The third-order valence-electron chi connectivity index (χ3n) is 2.76. The number of aromatic nitrogens is 2. The fraction of sp³-hybridized carbons (Fsp3) is 0.286. The van der Waals surface area contributed by atoms with Gasteiger partial charge in [0.2, 0.25) is 0 Å². The highest BCUT2D eigenvalue weighted by Gasteiger charge is 2.27. The van der Waals surface area contributed by atoms with Crippen molar-refractivity contribution in [3.63, 3.8) is 0 Å². The molecule has 0 atom stereocenters. The van der Waals surface area contributed by atoms with Crippen molar-refractivity contribution in [3.05, 3.63) is 46.7 Å². The molecule has 0 aliphatic rings. The van der Waals surface area contributed by atoms with Crippen molar-refractivity contribution < 1.29 is 9.90 Å². The van der Waals surface area contributed by atoms with Gasteiger partial charge in [-0.1, -0.05) is 38.4 Å². The molecule has 0 saturated carbocycles. The highest BCUT2D eigenvalue weighted by Crippen LogP contribution is 2.29. The summed E-state index contributed by atoms with van der Waals surface area (Å²) in [6, 6.07) is 7.19. The minimum atomic E-state index is -0.974. The number of carboxylic acid groups (broad SMARTS) is 1. The van der Waals surface area contributed by atoms with Crippen molar-refractivity contribution in [2.24, 2.45) is 0 Å². The highest BCUT2D eigenvalue weighted by molar-refractivity contribution is 6.30. The standard InChI is InChI=1S/C14H15ClN2O2/c1-14(2,3)12-11(13(18)19)8-16-17(12)10-6-4-5-9(15)7-10/h4-8H,1-3H3,(H,18,19). The van der Waals surface area contributed by atoms with Crippen LogP contribution in [0.15, 0.2) is 30.5 Å². The van der Waals surface area contributed by atoms with E-state index in [2.05, 4.69) is 5.10 Å². The fourth-order valence-corrected chi connectivity index (χ4v) is 2.21. The molecule has 0 radical (unpaired) electrons. The van der Waals surface area contributed by atoms with E-state index in [1.165, 1.54) is 6.20 Å². The maximum atomic E-state index is 11.3. The normalized spacial score (nSPS) is 11.6. The molecule has 0 bridgehead atoms. The maximum absolute atomic E-state index is 11.3. The lowest BCUT2D eigenvalue weighted by atomic mass is 9.89. The Morgan fingerprint density at radius 2 is 2.05 bits per heavy atom. The van der Waals surface area contributed by atoms with Crippen LogP contribution in [0.2, 0.25) is 5.02 Å². The first-order valence-corrected chi connectivity index (χ1v) is 6.26. The molecule has 1 heterocycles. The molecular formula is C14H15ClN2O2. The van der Waals surface area contributed by atoms with Crippen LogP contribution in [0, 0.1) is 0 Å². The van der Waals surface area contributed by atoms with E-state index >= 15 is 0 Å². The molecule has 0 saturated heterocycles. The Morgan fingerprint density at radius 1 is 1.37 bits per heavy atom. The summed E-state index contributed by atoms with van der Waals surface area (Å²) in [5.74, 6) is -0.974. The second-order valence-corrected chi connectivity index (χ2v) is 5.79. The van der Waals surface area contributed by atoms with Crippen LogP contribution in [0.4, 0.5) is 0 Å². The van der Waals surface area contributed by atoms with E-state index in [0.29, 0.717) is 10.7 Å². The summed E-state index contributed by atoms with van der Waals surface area (Å²) in [6.07, 6.45) is 1.38. The second-order valence-electron chi connectivity index (χ2n) is 5.35.